The number of unbranched alkanes of at least 4 members (excludes halogenated alkanes) is 6. The first-order valence-electron chi connectivity index (χ1n) is 6.78. The fraction of sp³-hybridized carbons (Fsp3) is 0.769. The quantitative estimate of drug-likeness (QED) is 0.674. The molecule has 0 saturated heterocycles. The summed E-state index contributed by atoms with van der Waals surface area (Å²) in [7, 11) is 0. The normalized spacial score (nSPS) is 15.1. The zero-order valence-corrected chi connectivity index (χ0v) is 11.1. The van der Waals surface area contributed by atoms with E-state index in [1.165, 1.54) is 43.3 Å². The van der Waals surface area contributed by atoms with E-state index in [1.54, 1.807) is 0 Å². The number of rotatable bonds is 8. The van der Waals surface area contributed by atoms with Gasteiger partial charge in [0.25, 0.3) is 0 Å². The number of amides is 1. The van der Waals surface area contributed by atoms with Crippen LogP contribution < -0.4 is 0 Å². The molecule has 0 bridgehead atoms. The van der Waals surface area contributed by atoms with E-state index in [9.17, 15) is 9.18 Å². The van der Waals surface area contributed by atoms with E-state index in [0.29, 0.717) is 6.54 Å². The highest BCUT2D eigenvalue weighted by molar-refractivity contribution is 5.65. The largest absolute Gasteiger partial charge is 0.464 e. The molecule has 0 saturated carbocycles. The Balaban J connectivity index is 2.12. The number of hydrogen-bond acceptors (Lipinski definition) is 2. The van der Waals surface area contributed by atoms with E-state index in [0.717, 1.165) is 17.9 Å². The Labute approximate surface area is 108 Å². The van der Waals surface area contributed by atoms with Gasteiger partial charge in [-0.15, -0.1) is 0 Å². The molecule has 1 N–H and O–H groups in total. The summed E-state index contributed by atoms with van der Waals surface area (Å²) in [6.07, 6.45) is 8.37. The van der Waals surface area contributed by atoms with Gasteiger partial charge in [0.15, 0.2) is 0 Å². The van der Waals surface area contributed by atoms with E-state index in [-0.39, 0.29) is 12.4 Å². The van der Waals surface area contributed by atoms with Gasteiger partial charge in [0.2, 0.25) is 0 Å². The monoisotopic (exact) mass is 258 g/mol. The van der Waals surface area contributed by atoms with Crippen molar-refractivity contribution >= 4 is 6.09 Å². The number of carboxylic acid groups (broad SMARTS) is 1. The van der Waals surface area contributed by atoms with Gasteiger partial charge in [0, 0.05) is 6.54 Å². The van der Waals surface area contributed by atoms with Gasteiger partial charge in [-0.05, 0) is 6.42 Å². The highest BCUT2D eigenvalue weighted by Gasteiger charge is 2.25. The van der Waals surface area contributed by atoms with Crippen LogP contribution in [0.25, 0.3) is 0 Å². The first-order valence-corrected chi connectivity index (χ1v) is 6.78. The fourth-order valence-electron chi connectivity index (χ4n) is 2.10. The number of carbonyl (C=O) groups is 1. The summed E-state index contributed by atoms with van der Waals surface area (Å²) < 4.78 is 13.0. The minimum Gasteiger partial charge on any atom is -0.464 e. The van der Waals surface area contributed by atoms with Crippen LogP contribution in [0.5, 0.6) is 0 Å². The second kappa shape index (κ2) is 7.95. The highest BCUT2D eigenvalue weighted by atomic mass is 19.1. The molecule has 0 unspecified atom stereocenters. The third kappa shape index (κ3) is 4.94. The summed E-state index contributed by atoms with van der Waals surface area (Å²) in [5.41, 5.74) is 0. The number of nitrogens with zero attached hydrogens (tertiary/aromatic N) is 2. The topological polar surface area (TPSA) is 43.8 Å². The highest BCUT2D eigenvalue weighted by Crippen LogP contribution is 2.17. The lowest BCUT2D eigenvalue weighted by Gasteiger charge is -2.25. The smallest absolute Gasteiger partial charge is 0.426 e. The summed E-state index contributed by atoms with van der Waals surface area (Å²) >= 11 is 0. The molecular weight excluding hydrogens is 235 g/mol. The molecule has 0 spiro atoms. The zero-order valence-electron chi connectivity index (χ0n) is 11.1. The first kappa shape index (κ1) is 14.8. The molecule has 0 aromatic rings. The summed E-state index contributed by atoms with van der Waals surface area (Å²) in [6, 6.07) is 0. The molecule has 104 valence electrons. The summed E-state index contributed by atoms with van der Waals surface area (Å²) in [4.78, 5) is 10.8. The number of hydrogen-bond donors (Lipinski definition) is 1. The number of halogens is 1. The van der Waals surface area contributed by atoms with Crippen molar-refractivity contribution in [2.45, 2.75) is 51.9 Å². The van der Waals surface area contributed by atoms with E-state index in [4.69, 9.17) is 5.11 Å². The maximum Gasteiger partial charge on any atom is 0.426 e. The van der Waals surface area contributed by atoms with Gasteiger partial charge in [-0.25, -0.2) is 14.2 Å². The minimum atomic E-state index is -1.10. The molecule has 0 aromatic carbocycles. The van der Waals surface area contributed by atoms with Crippen molar-refractivity contribution in [3.8, 4) is 0 Å². The Bertz CT molecular complexity index is 295. The summed E-state index contributed by atoms with van der Waals surface area (Å²) in [5, 5.41) is 11.4. The molecule has 1 rings (SSSR count). The second-order valence-corrected chi connectivity index (χ2v) is 4.70. The zero-order chi connectivity index (χ0) is 13.4. The molecule has 1 aliphatic rings. The van der Waals surface area contributed by atoms with Crippen molar-refractivity contribution in [2.75, 3.05) is 13.1 Å². The van der Waals surface area contributed by atoms with Crippen molar-refractivity contribution < 1.29 is 14.3 Å². The molecule has 18 heavy (non-hydrogen) atoms. The predicted octanol–water partition coefficient (Wildman–Crippen LogP) is 3.76. The molecular formula is C13H23FN2O2. The van der Waals surface area contributed by atoms with Gasteiger partial charge in [-0.1, -0.05) is 45.4 Å². The third-order valence-corrected chi connectivity index (χ3v) is 3.11. The maximum absolute atomic E-state index is 13.0. The average molecular weight is 258 g/mol. The molecule has 1 amide bonds. The van der Waals surface area contributed by atoms with E-state index in [1.807, 2.05) is 0 Å². The summed E-state index contributed by atoms with van der Waals surface area (Å²) in [5.74, 6) is -0.389. The predicted molar refractivity (Wildman–Crippen MR) is 68.6 cm³/mol. The Hall–Kier alpha value is -1.26. The van der Waals surface area contributed by atoms with Crippen LogP contribution >= 0.6 is 0 Å². The second-order valence-electron chi connectivity index (χ2n) is 4.70. The van der Waals surface area contributed by atoms with Crippen LogP contribution in [-0.2, 0) is 0 Å². The van der Waals surface area contributed by atoms with Crippen LogP contribution in [0.3, 0.4) is 0 Å². The van der Waals surface area contributed by atoms with Crippen molar-refractivity contribution in [1.29, 1.82) is 0 Å². The standard InChI is InChI=1S/C13H23FN2O2/c1-2-3-4-5-6-7-8-9-15-10-12(14)11-16(15)13(17)18/h10H,2-9,11H2,1H3,(H,17,18). The van der Waals surface area contributed by atoms with Crippen molar-refractivity contribution in [3.63, 3.8) is 0 Å². The summed E-state index contributed by atoms with van der Waals surface area (Å²) in [6.45, 7) is 2.62. The van der Waals surface area contributed by atoms with E-state index < -0.39 is 6.09 Å². The Kier molecular flexibility index (Phi) is 6.54. The van der Waals surface area contributed by atoms with Crippen LogP contribution in [0.1, 0.15) is 51.9 Å². The molecule has 1 aliphatic heterocycles. The molecule has 4 nitrogen and oxygen atoms in total. The van der Waals surface area contributed by atoms with Gasteiger partial charge >= 0.3 is 6.09 Å². The van der Waals surface area contributed by atoms with E-state index in [2.05, 4.69) is 6.92 Å². The maximum atomic E-state index is 13.0. The van der Waals surface area contributed by atoms with Gasteiger partial charge in [-0.2, -0.15) is 0 Å². The van der Waals surface area contributed by atoms with Gasteiger partial charge in [0.1, 0.15) is 5.83 Å². The van der Waals surface area contributed by atoms with Gasteiger partial charge in [0.05, 0.1) is 12.7 Å². The average Bonchev–Trinajstić information content (AvgIpc) is 2.69. The van der Waals surface area contributed by atoms with Crippen LogP contribution in [-0.4, -0.2) is 34.3 Å². The molecule has 0 fully saturated rings. The molecule has 1 heterocycles. The molecule has 0 aromatic heterocycles. The van der Waals surface area contributed by atoms with Crippen LogP contribution in [0.4, 0.5) is 9.18 Å². The minimum absolute atomic E-state index is 0.147. The van der Waals surface area contributed by atoms with Gasteiger partial charge < -0.3 is 5.11 Å². The molecule has 5 heteroatoms. The van der Waals surface area contributed by atoms with Crippen molar-refractivity contribution in [1.82, 2.24) is 10.0 Å². The Morgan fingerprint density at radius 1 is 1.28 bits per heavy atom. The lowest BCUT2D eigenvalue weighted by atomic mass is 10.1. The Morgan fingerprint density at radius 3 is 2.50 bits per heavy atom. The van der Waals surface area contributed by atoms with Crippen molar-refractivity contribution in [3.05, 3.63) is 12.0 Å². The Morgan fingerprint density at radius 2 is 1.89 bits per heavy atom. The third-order valence-electron chi connectivity index (χ3n) is 3.11. The molecule has 0 aliphatic carbocycles. The molecule has 0 radical (unpaired) electrons. The van der Waals surface area contributed by atoms with Crippen LogP contribution in [0, 0.1) is 0 Å². The van der Waals surface area contributed by atoms with Crippen LogP contribution in [0.2, 0.25) is 0 Å². The number of hydrazine groups is 1. The lowest BCUT2D eigenvalue weighted by molar-refractivity contribution is 0.0480. The van der Waals surface area contributed by atoms with Crippen LogP contribution in [0.15, 0.2) is 12.0 Å². The fourth-order valence-corrected chi connectivity index (χ4v) is 2.10. The van der Waals surface area contributed by atoms with Gasteiger partial charge in [-0.3, -0.25) is 5.01 Å². The SMILES string of the molecule is CCCCCCCCCN1C=C(F)CN1C(=O)O. The molecule has 0 atom stereocenters. The van der Waals surface area contributed by atoms with Crippen molar-refractivity contribution in [2.24, 2.45) is 0 Å². The first-order chi connectivity index (χ1) is 8.65. The lowest BCUT2D eigenvalue weighted by Crippen LogP contribution is -2.39. The van der Waals surface area contributed by atoms with E-state index >= 15 is 0 Å².